The van der Waals surface area contributed by atoms with Crippen LogP contribution in [0.3, 0.4) is 0 Å². The predicted molar refractivity (Wildman–Crippen MR) is 46.2 cm³/mol. The fourth-order valence-corrected chi connectivity index (χ4v) is 1.06. The lowest BCUT2D eigenvalue weighted by Crippen LogP contribution is -1.94. The second-order valence-electron chi connectivity index (χ2n) is 2.78. The predicted octanol–water partition coefficient (Wildman–Crippen LogP) is 3.11. The topological polar surface area (TPSA) is 4.36 Å². The molecule has 0 aliphatic heterocycles. The van der Waals surface area contributed by atoms with E-state index in [1.54, 1.807) is 32.0 Å². The van der Waals surface area contributed by atoms with Crippen LogP contribution in [-0.2, 0) is 0 Å². The summed E-state index contributed by atoms with van der Waals surface area (Å²) in [5.74, 6) is -0.249. The Balaban J connectivity index is 3.18. The molecule has 1 rings (SSSR count). The largest absolute Gasteiger partial charge is 0.309 e. The van der Waals surface area contributed by atoms with Crippen molar-refractivity contribution in [1.82, 2.24) is 0 Å². The number of nitrogens with zero attached hydrogens (tertiary/aromatic N) is 1. The third-order valence-corrected chi connectivity index (χ3v) is 1.87. The molecule has 0 amide bonds. The van der Waals surface area contributed by atoms with Gasteiger partial charge in [0.2, 0.25) is 6.04 Å². The van der Waals surface area contributed by atoms with Crippen molar-refractivity contribution in [3.63, 3.8) is 0 Å². The molecule has 1 aromatic rings. The van der Waals surface area contributed by atoms with Crippen molar-refractivity contribution in [3.8, 4) is 0 Å². The summed E-state index contributed by atoms with van der Waals surface area (Å²) in [6.07, 6.45) is 0. The highest BCUT2D eigenvalue weighted by molar-refractivity contribution is 5.28. The van der Waals surface area contributed by atoms with Crippen molar-refractivity contribution < 1.29 is 4.39 Å². The minimum Gasteiger partial charge on any atom is -0.309 e. The molecule has 0 aromatic heterocycles. The molecule has 0 N–H and O–H groups in total. The van der Waals surface area contributed by atoms with Crippen LogP contribution >= 0.6 is 0 Å². The lowest BCUT2D eigenvalue weighted by atomic mass is 10.1. The van der Waals surface area contributed by atoms with Crippen molar-refractivity contribution in [2.45, 2.75) is 19.9 Å². The standard InChI is InChI=1S/C10H10FN/c1-7-5-4-6-9(10(7)11)8(2)12-3/h4-6,8H,1-2H3. The Labute approximate surface area is 71.7 Å². The highest BCUT2D eigenvalue weighted by Gasteiger charge is 2.14. The second-order valence-corrected chi connectivity index (χ2v) is 2.78. The van der Waals surface area contributed by atoms with Gasteiger partial charge in [0.05, 0.1) is 5.56 Å². The summed E-state index contributed by atoms with van der Waals surface area (Å²) in [5, 5.41) is 0. The summed E-state index contributed by atoms with van der Waals surface area (Å²) in [6, 6.07) is 4.75. The molecule has 62 valence electrons. The molecule has 0 saturated heterocycles. The van der Waals surface area contributed by atoms with Gasteiger partial charge in [-0.2, -0.15) is 0 Å². The highest BCUT2D eigenvalue weighted by Crippen LogP contribution is 2.21. The van der Waals surface area contributed by atoms with Gasteiger partial charge in [-0.05, 0) is 18.6 Å². The number of halogens is 1. The van der Waals surface area contributed by atoms with E-state index in [4.69, 9.17) is 6.57 Å². The number of hydrogen-bond acceptors (Lipinski definition) is 0. The van der Waals surface area contributed by atoms with Gasteiger partial charge in [0.25, 0.3) is 0 Å². The van der Waals surface area contributed by atoms with Crippen molar-refractivity contribution in [1.29, 1.82) is 0 Å². The molecule has 0 aliphatic rings. The van der Waals surface area contributed by atoms with E-state index in [1.165, 1.54) is 0 Å². The summed E-state index contributed by atoms with van der Waals surface area (Å²) in [5.41, 5.74) is 1.09. The van der Waals surface area contributed by atoms with Crippen LogP contribution in [0, 0.1) is 19.3 Å². The maximum absolute atomic E-state index is 13.3. The minimum absolute atomic E-state index is 0.249. The molecule has 0 fully saturated rings. The smallest absolute Gasteiger partial charge is 0.248 e. The van der Waals surface area contributed by atoms with Gasteiger partial charge in [0.1, 0.15) is 5.82 Å². The minimum atomic E-state index is -0.384. The molecule has 0 radical (unpaired) electrons. The van der Waals surface area contributed by atoms with E-state index in [0.717, 1.165) is 0 Å². The van der Waals surface area contributed by atoms with E-state index in [2.05, 4.69) is 4.85 Å². The third kappa shape index (κ3) is 1.45. The molecule has 1 aromatic carbocycles. The Kier molecular flexibility index (Phi) is 2.44. The summed E-state index contributed by atoms with van der Waals surface area (Å²) in [4.78, 5) is 3.27. The molecular weight excluding hydrogens is 153 g/mol. The SMILES string of the molecule is [C-]#[N+]C(C)c1cccc(C)c1F. The average Bonchev–Trinajstić information content (AvgIpc) is 2.08. The van der Waals surface area contributed by atoms with Crippen LogP contribution in [0.2, 0.25) is 0 Å². The average molecular weight is 163 g/mol. The number of hydrogen-bond donors (Lipinski definition) is 0. The van der Waals surface area contributed by atoms with Crippen molar-refractivity contribution in [3.05, 3.63) is 46.6 Å². The third-order valence-electron chi connectivity index (χ3n) is 1.87. The Morgan fingerprint density at radius 3 is 2.75 bits per heavy atom. The first-order chi connectivity index (χ1) is 5.66. The molecule has 0 bridgehead atoms. The van der Waals surface area contributed by atoms with Gasteiger partial charge in [-0.1, -0.05) is 12.1 Å². The number of benzene rings is 1. The molecular formula is C10H10FN. The zero-order valence-electron chi connectivity index (χ0n) is 7.13. The molecule has 1 atom stereocenters. The molecule has 0 heterocycles. The second kappa shape index (κ2) is 3.36. The Morgan fingerprint density at radius 1 is 1.50 bits per heavy atom. The highest BCUT2D eigenvalue weighted by atomic mass is 19.1. The summed E-state index contributed by atoms with van der Waals surface area (Å²) >= 11 is 0. The quantitative estimate of drug-likeness (QED) is 0.560. The van der Waals surface area contributed by atoms with Crippen LogP contribution in [0.15, 0.2) is 18.2 Å². The van der Waals surface area contributed by atoms with Crippen LogP contribution in [-0.4, -0.2) is 0 Å². The van der Waals surface area contributed by atoms with Gasteiger partial charge in [0, 0.05) is 6.92 Å². The Bertz CT molecular complexity index is 325. The summed E-state index contributed by atoms with van der Waals surface area (Å²) < 4.78 is 13.3. The van der Waals surface area contributed by atoms with Crippen LogP contribution in [0.5, 0.6) is 0 Å². The zero-order chi connectivity index (χ0) is 9.14. The van der Waals surface area contributed by atoms with Crippen LogP contribution < -0.4 is 0 Å². The Hall–Kier alpha value is -1.36. The van der Waals surface area contributed by atoms with Gasteiger partial charge in [-0.3, -0.25) is 0 Å². The van der Waals surface area contributed by atoms with E-state index in [0.29, 0.717) is 11.1 Å². The van der Waals surface area contributed by atoms with Crippen molar-refractivity contribution in [2.24, 2.45) is 0 Å². The van der Waals surface area contributed by atoms with Crippen LogP contribution in [0.25, 0.3) is 4.85 Å². The van der Waals surface area contributed by atoms with Crippen molar-refractivity contribution in [2.75, 3.05) is 0 Å². The summed E-state index contributed by atoms with van der Waals surface area (Å²) in [6.45, 7) is 10.2. The molecule has 0 saturated carbocycles. The van der Waals surface area contributed by atoms with Gasteiger partial charge >= 0.3 is 0 Å². The molecule has 1 nitrogen and oxygen atoms in total. The molecule has 12 heavy (non-hydrogen) atoms. The lowest BCUT2D eigenvalue weighted by Gasteiger charge is -2.03. The van der Waals surface area contributed by atoms with Gasteiger partial charge < -0.3 is 4.85 Å². The van der Waals surface area contributed by atoms with E-state index < -0.39 is 0 Å². The van der Waals surface area contributed by atoms with Crippen LogP contribution in [0.1, 0.15) is 24.1 Å². The van der Waals surface area contributed by atoms with E-state index in [1.807, 2.05) is 0 Å². The maximum atomic E-state index is 13.3. The molecule has 1 unspecified atom stereocenters. The molecule has 0 aliphatic carbocycles. The fraction of sp³-hybridized carbons (Fsp3) is 0.300. The van der Waals surface area contributed by atoms with Gasteiger partial charge in [-0.15, -0.1) is 0 Å². The van der Waals surface area contributed by atoms with E-state index >= 15 is 0 Å². The maximum Gasteiger partial charge on any atom is 0.248 e. The number of rotatable bonds is 1. The number of aryl methyl sites for hydroxylation is 1. The fourth-order valence-electron chi connectivity index (χ4n) is 1.06. The van der Waals surface area contributed by atoms with Crippen molar-refractivity contribution >= 4 is 0 Å². The monoisotopic (exact) mass is 163 g/mol. The first-order valence-electron chi connectivity index (χ1n) is 3.78. The summed E-state index contributed by atoms with van der Waals surface area (Å²) in [7, 11) is 0. The van der Waals surface area contributed by atoms with Gasteiger partial charge in [0.15, 0.2) is 0 Å². The molecule has 2 heteroatoms. The first kappa shape index (κ1) is 8.73. The molecule has 0 spiro atoms. The van der Waals surface area contributed by atoms with Crippen LogP contribution in [0.4, 0.5) is 4.39 Å². The normalized spacial score (nSPS) is 12.2. The van der Waals surface area contributed by atoms with E-state index in [9.17, 15) is 4.39 Å². The first-order valence-corrected chi connectivity index (χ1v) is 3.78. The lowest BCUT2D eigenvalue weighted by molar-refractivity contribution is 0.596. The van der Waals surface area contributed by atoms with E-state index in [-0.39, 0.29) is 11.9 Å². The zero-order valence-corrected chi connectivity index (χ0v) is 7.13. The van der Waals surface area contributed by atoms with Gasteiger partial charge in [-0.25, -0.2) is 11.0 Å². The Morgan fingerprint density at radius 2 is 2.17 bits per heavy atom.